The molecular formula is C9H17NO3S. The molecule has 1 atom stereocenters. The standard InChI is InChI=1S/C9H17NO3S/c1-14-6-2-3-10-4-5-13-7-8(10)9(11)12/h8H,2-7H2,1H3,(H,11,12). The molecule has 1 N–H and O–H groups in total. The highest BCUT2D eigenvalue weighted by Gasteiger charge is 2.28. The first-order chi connectivity index (χ1) is 6.75. The number of carboxylic acid groups (broad SMARTS) is 1. The van der Waals surface area contributed by atoms with Gasteiger partial charge in [-0.3, -0.25) is 9.69 Å². The monoisotopic (exact) mass is 219 g/mol. The number of carboxylic acids is 1. The van der Waals surface area contributed by atoms with Gasteiger partial charge in [-0.05, 0) is 25.0 Å². The van der Waals surface area contributed by atoms with Gasteiger partial charge in [0.1, 0.15) is 6.04 Å². The van der Waals surface area contributed by atoms with E-state index >= 15 is 0 Å². The third-order valence-electron chi connectivity index (χ3n) is 2.32. The molecule has 0 spiro atoms. The lowest BCUT2D eigenvalue weighted by Gasteiger charge is -2.32. The smallest absolute Gasteiger partial charge is 0.323 e. The van der Waals surface area contributed by atoms with Gasteiger partial charge in [-0.1, -0.05) is 0 Å². The Bertz CT molecular complexity index is 189. The van der Waals surface area contributed by atoms with Crippen LogP contribution in [0.3, 0.4) is 0 Å². The number of carbonyl (C=O) groups is 1. The second-order valence-corrected chi connectivity index (χ2v) is 4.30. The van der Waals surface area contributed by atoms with Gasteiger partial charge < -0.3 is 9.84 Å². The molecule has 0 aliphatic carbocycles. The fourth-order valence-electron chi connectivity index (χ4n) is 1.55. The molecule has 4 nitrogen and oxygen atoms in total. The number of nitrogens with zero attached hydrogens (tertiary/aromatic N) is 1. The Morgan fingerprint density at radius 2 is 2.50 bits per heavy atom. The van der Waals surface area contributed by atoms with Crippen molar-refractivity contribution >= 4 is 17.7 Å². The normalized spacial score (nSPS) is 23.6. The molecule has 82 valence electrons. The van der Waals surface area contributed by atoms with E-state index in [0.717, 1.165) is 25.3 Å². The molecule has 1 aliphatic heterocycles. The van der Waals surface area contributed by atoms with E-state index < -0.39 is 12.0 Å². The van der Waals surface area contributed by atoms with Crippen LogP contribution in [0.5, 0.6) is 0 Å². The Balaban J connectivity index is 2.34. The third kappa shape index (κ3) is 3.48. The second-order valence-electron chi connectivity index (χ2n) is 3.31. The Kier molecular flexibility index (Phi) is 5.29. The van der Waals surface area contributed by atoms with Gasteiger partial charge in [0.15, 0.2) is 0 Å². The summed E-state index contributed by atoms with van der Waals surface area (Å²) in [7, 11) is 0. The van der Waals surface area contributed by atoms with Gasteiger partial charge in [-0.2, -0.15) is 11.8 Å². The van der Waals surface area contributed by atoms with Crippen LogP contribution in [-0.2, 0) is 9.53 Å². The molecular weight excluding hydrogens is 202 g/mol. The number of thioether (sulfide) groups is 1. The van der Waals surface area contributed by atoms with Crippen molar-refractivity contribution in [2.45, 2.75) is 12.5 Å². The van der Waals surface area contributed by atoms with Gasteiger partial charge >= 0.3 is 5.97 Å². The molecule has 0 amide bonds. The van der Waals surface area contributed by atoms with Gasteiger partial charge in [0.2, 0.25) is 0 Å². The van der Waals surface area contributed by atoms with E-state index in [1.54, 1.807) is 11.8 Å². The van der Waals surface area contributed by atoms with E-state index in [2.05, 4.69) is 6.26 Å². The van der Waals surface area contributed by atoms with Crippen molar-refractivity contribution in [2.75, 3.05) is 38.3 Å². The summed E-state index contributed by atoms with van der Waals surface area (Å²) < 4.78 is 5.15. The minimum atomic E-state index is -0.770. The molecule has 1 heterocycles. The zero-order valence-electron chi connectivity index (χ0n) is 8.44. The summed E-state index contributed by atoms with van der Waals surface area (Å²) in [5.41, 5.74) is 0. The zero-order valence-corrected chi connectivity index (χ0v) is 9.26. The maximum atomic E-state index is 10.9. The molecule has 0 radical (unpaired) electrons. The summed E-state index contributed by atoms with van der Waals surface area (Å²) in [5.74, 6) is 0.317. The lowest BCUT2D eigenvalue weighted by Crippen LogP contribution is -2.50. The van der Waals surface area contributed by atoms with Gasteiger partial charge in [0.05, 0.1) is 13.2 Å². The van der Waals surface area contributed by atoms with E-state index in [0.29, 0.717) is 13.2 Å². The van der Waals surface area contributed by atoms with Gasteiger partial charge in [-0.15, -0.1) is 0 Å². The van der Waals surface area contributed by atoms with E-state index in [9.17, 15) is 4.79 Å². The molecule has 0 bridgehead atoms. The number of rotatable bonds is 5. The summed E-state index contributed by atoms with van der Waals surface area (Å²) in [6.45, 7) is 2.59. The van der Waals surface area contributed by atoms with E-state index in [1.807, 2.05) is 4.90 Å². The number of morpholine rings is 1. The maximum Gasteiger partial charge on any atom is 0.323 e. The summed E-state index contributed by atoms with van der Waals surface area (Å²) in [4.78, 5) is 12.9. The minimum Gasteiger partial charge on any atom is -0.480 e. The Labute approximate surface area is 88.6 Å². The first-order valence-electron chi connectivity index (χ1n) is 4.79. The van der Waals surface area contributed by atoms with Crippen molar-refractivity contribution in [1.82, 2.24) is 4.90 Å². The van der Waals surface area contributed by atoms with E-state index in [-0.39, 0.29) is 0 Å². The van der Waals surface area contributed by atoms with E-state index in [1.165, 1.54) is 0 Å². The van der Waals surface area contributed by atoms with Crippen LogP contribution in [0.2, 0.25) is 0 Å². The quantitative estimate of drug-likeness (QED) is 0.683. The molecule has 14 heavy (non-hydrogen) atoms. The average Bonchev–Trinajstić information content (AvgIpc) is 2.19. The van der Waals surface area contributed by atoms with Crippen LogP contribution in [0.4, 0.5) is 0 Å². The van der Waals surface area contributed by atoms with Crippen molar-refractivity contribution in [3.8, 4) is 0 Å². The van der Waals surface area contributed by atoms with Crippen LogP contribution in [0, 0.1) is 0 Å². The topological polar surface area (TPSA) is 49.8 Å². The van der Waals surface area contributed by atoms with Crippen LogP contribution in [0.15, 0.2) is 0 Å². The molecule has 0 aromatic heterocycles. The predicted octanol–water partition coefficient (Wildman–Crippen LogP) is 0.525. The molecule has 0 aromatic carbocycles. The summed E-state index contributed by atoms with van der Waals surface area (Å²) in [5, 5.41) is 8.94. The maximum absolute atomic E-state index is 10.9. The second kappa shape index (κ2) is 6.27. The SMILES string of the molecule is CSCCCN1CCOCC1C(=O)O. The van der Waals surface area contributed by atoms with Crippen molar-refractivity contribution in [3.63, 3.8) is 0 Å². The van der Waals surface area contributed by atoms with Crippen molar-refractivity contribution < 1.29 is 14.6 Å². The number of ether oxygens (including phenoxy) is 1. The van der Waals surface area contributed by atoms with Crippen molar-refractivity contribution in [2.24, 2.45) is 0 Å². The Hall–Kier alpha value is -0.260. The fraction of sp³-hybridized carbons (Fsp3) is 0.889. The van der Waals surface area contributed by atoms with Gasteiger partial charge in [0, 0.05) is 6.54 Å². The highest BCUT2D eigenvalue weighted by atomic mass is 32.2. The first-order valence-corrected chi connectivity index (χ1v) is 6.18. The number of aliphatic carboxylic acids is 1. The molecule has 0 aromatic rings. The Morgan fingerprint density at radius 3 is 3.14 bits per heavy atom. The molecule has 1 saturated heterocycles. The Morgan fingerprint density at radius 1 is 1.71 bits per heavy atom. The minimum absolute atomic E-state index is 0.328. The molecule has 1 aliphatic rings. The largest absolute Gasteiger partial charge is 0.480 e. The first kappa shape index (κ1) is 11.8. The van der Waals surface area contributed by atoms with Crippen LogP contribution in [0.25, 0.3) is 0 Å². The van der Waals surface area contributed by atoms with Crippen LogP contribution < -0.4 is 0 Å². The lowest BCUT2D eigenvalue weighted by molar-refractivity contribution is -0.149. The highest BCUT2D eigenvalue weighted by Crippen LogP contribution is 2.08. The highest BCUT2D eigenvalue weighted by molar-refractivity contribution is 7.98. The third-order valence-corrected chi connectivity index (χ3v) is 3.02. The van der Waals surface area contributed by atoms with Gasteiger partial charge in [-0.25, -0.2) is 0 Å². The molecule has 1 fully saturated rings. The summed E-state index contributed by atoms with van der Waals surface area (Å²) >= 11 is 1.79. The number of hydrogen-bond acceptors (Lipinski definition) is 4. The fourth-order valence-corrected chi connectivity index (χ4v) is 1.96. The summed E-state index contributed by atoms with van der Waals surface area (Å²) in [6.07, 6.45) is 3.11. The predicted molar refractivity (Wildman–Crippen MR) is 56.8 cm³/mol. The molecule has 5 heteroatoms. The van der Waals surface area contributed by atoms with Crippen LogP contribution in [0.1, 0.15) is 6.42 Å². The van der Waals surface area contributed by atoms with Crippen LogP contribution >= 0.6 is 11.8 Å². The number of hydrogen-bond donors (Lipinski definition) is 1. The average molecular weight is 219 g/mol. The molecule has 1 rings (SSSR count). The summed E-state index contributed by atoms with van der Waals surface area (Å²) in [6, 6.07) is -0.439. The van der Waals surface area contributed by atoms with Gasteiger partial charge in [0.25, 0.3) is 0 Å². The van der Waals surface area contributed by atoms with Crippen molar-refractivity contribution in [3.05, 3.63) is 0 Å². The zero-order chi connectivity index (χ0) is 10.4. The van der Waals surface area contributed by atoms with E-state index in [4.69, 9.17) is 9.84 Å². The van der Waals surface area contributed by atoms with Crippen molar-refractivity contribution in [1.29, 1.82) is 0 Å². The molecule has 1 unspecified atom stereocenters. The lowest BCUT2D eigenvalue weighted by atomic mass is 10.2. The molecule has 0 saturated carbocycles. The van der Waals surface area contributed by atoms with Crippen LogP contribution in [-0.4, -0.2) is 60.3 Å².